The minimum Gasteiger partial charge on any atom is -0.443 e. The summed E-state index contributed by atoms with van der Waals surface area (Å²) in [7, 11) is 0. The maximum atomic E-state index is 5.41. The summed E-state index contributed by atoms with van der Waals surface area (Å²) in [6.07, 6.45) is 4.01. The summed E-state index contributed by atoms with van der Waals surface area (Å²) in [6, 6.07) is 9.05. The van der Waals surface area contributed by atoms with Crippen LogP contribution in [0.3, 0.4) is 0 Å². The molecule has 1 aromatic carbocycles. The van der Waals surface area contributed by atoms with Gasteiger partial charge in [0.25, 0.3) is 0 Å². The Bertz CT molecular complexity index is 529. The minimum absolute atomic E-state index is 0.624. The van der Waals surface area contributed by atoms with E-state index in [9.17, 15) is 0 Å². The summed E-state index contributed by atoms with van der Waals surface area (Å²) in [5.41, 5.74) is 3.21. The van der Waals surface area contributed by atoms with Gasteiger partial charge in [-0.3, -0.25) is 0 Å². The molecule has 0 amide bonds. The fourth-order valence-corrected chi connectivity index (χ4v) is 3.48. The fraction of sp³-hybridized carbons (Fsp3) is 0.400. The highest BCUT2D eigenvalue weighted by Crippen LogP contribution is 2.25. The molecule has 3 rings (SSSR count). The predicted molar refractivity (Wildman–Crippen MR) is 80.6 cm³/mol. The van der Waals surface area contributed by atoms with Crippen LogP contribution in [-0.4, -0.2) is 22.5 Å². The van der Waals surface area contributed by atoms with Crippen molar-refractivity contribution in [2.45, 2.75) is 25.8 Å². The maximum Gasteiger partial charge on any atom is 0.181 e. The average Bonchev–Trinajstić information content (AvgIpc) is 2.87. The third kappa shape index (κ3) is 2.95. The number of aromatic nitrogens is 1. The highest BCUT2D eigenvalue weighted by Gasteiger charge is 2.13. The first-order valence-corrected chi connectivity index (χ1v) is 7.83. The first-order chi connectivity index (χ1) is 9.33. The van der Waals surface area contributed by atoms with E-state index in [-0.39, 0.29) is 0 Å². The second-order valence-electron chi connectivity index (χ2n) is 4.88. The molecular formula is C15H18N2OS. The Labute approximate surface area is 117 Å². The van der Waals surface area contributed by atoms with Gasteiger partial charge in [0.1, 0.15) is 0 Å². The molecule has 1 aliphatic rings. The second-order valence-corrected chi connectivity index (χ2v) is 6.10. The Morgan fingerprint density at radius 3 is 2.58 bits per heavy atom. The summed E-state index contributed by atoms with van der Waals surface area (Å²) in [4.78, 5) is 4.12. The molecule has 3 nitrogen and oxygen atoms in total. The van der Waals surface area contributed by atoms with Crippen LogP contribution in [0.1, 0.15) is 18.5 Å². The van der Waals surface area contributed by atoms with Gasteiger partial charge in [-0.1, -0.05) is 0 Å². The van der Waals surface area contributed by atoms with E-state index in [1.165, 1.54) is 36.4 Å². The van der Waals surface area contributed by atoms with E-state index in [1.807, 2.05) is 6.92 Å². The van der Waals surface area contributed by atoms with Crippen molar-refractivity contribution in [3.8, 4) is 11.3 Å². The van der Waals surface area contributed by atoms with Gasteiger partial charge < -0.3 is 9.73 Å². The lowest BCUT2D eigenvalue weighted by Crippen LogP contribution is -2.24. The van der Waals surface area contributed by atoms with Crippen molar-refractivity contribution in [2.24, 2.45) is 0 Å². The van der Waals surface area contributed by atoms with Crippen molar-refractivity contribution in [1.82, 2.24) is 4.98 Å². The van der Waals surface area contributed by atoms with Crippen molar-refractivity contribution in [1.29, 1.82) is 0 Å². The monoisotopic (exact) mass is 274 g/mol. The molecule has 0 atom stereocenters. The number of hydrogen-bond acceptors (Lipinski definition) is 4. The van der Waals surface area contributed by atoms with Crippen molar-refractivity contribution in [3.05, 3.63) is 36.4 Å². The van der Waals surface area contributed by atoms with Gasteiger partial charge in [0.2, 0.25) is 0 Å². The van der Waals surface area contributed by atoms with E-state index in [2.05, 4.69) is 46.3 Å². The zero-order chi connectivity index (χ0) is 13.1. The molecule has 1 N–H and O–H groups in total. The van der Waals surface area contributed by atoms with Crippen LogP contribution in [0.2, 0.25) is 0 Å². The molecule has 1 fully saturated rings. The van der Waals surface area contributed by atoms with E-state index >= 15 is 0 Å². The third-order valence-corrected chi connectivity index (χ3v) is 4.53. The second kappa shape index (κ2) is 5.70. The van der Waals surface area contributed by atoms with Crippen molar-refractivity contribution in [3.63, 3.8) is 0 Å². The van der Waals surface area contributed by atoms with Gasteiger partial charge in [-0.15, -0.1) is 0 Å². The first kappa shape index (κ1) is 12.6. The molecule has 0 spiro atoms. The number of rotatable bonds is 3. The lowest BCUT2D eigenvalue weighted by Gasteiger charge is -2.23. The van der Waals surface area contributed by atoms with Crippen LogP contribution in [0.15, 0.2) is 35.1 Å². The Hall–Kier alpha value is -1.42. The fourth-order valence-electron chi connectivity index (χ4n) is 2.37. The lowest BCUT2D eigenvalue weighted by atomic mass is 10.1. The van der Waals surface area contributed by atoms with Gasteiger partial charge >= 0.3 is 0 Å². The number of hydrogen-bond donors (Lipinski definition) is 1. The van der Waals surface area contributed by atoms with Crippen LogP contribution in [-0.2, 0) is 0 Å². The highest BCUT2D eigenvalue weighted by atomic mass is 32.2. The molecule has 0 unspecified atom stereocenters. The summed E-state index contributed by atoms with van der Waals surface area (Å²) >= 11 is 2.05. The van der Waals surface area contributed by atoms with Crippen LogP contribution in [0, 0.1) is 6.92 Å². The molecule has 1 saturated heterocycles. The molecule has 0 aliphatic carbocycles. The molecule has 0 saturated carbocycles. The number of thioether (sulfide) groups is 1. The van der Waals surface area contributed by atoms with E-state index in [0.717, 1.165) is 17.0 Å². The van der Waals surface area contributed by atoms with Crippen LogP contribution in [0.4, 0.5) is 5.69 Å². The molecule has 19 heavy (non-hydrogen) atoms. The van der Waals surface area contributed by atoms with E-state index in [0.29, 0.717) is 6.04 Å². The molecule has 0 bridgehead atoms. The summed E-state index contributed by atoms with van der Waals surface area (Å²) in [6.45, 7) is 1.96. The molecule has 2 heterocycles. The largest absolute Gasteiger partial charge is 0.443 e. The van der Waals surface area contributed by atoms with E-state index in [4.69, 9.17) is 4.42 Å². The zero-order valence-corrected chi connectivity index (χ0v) is 11.9. The number of nitrogens with one attached hydrogen (secondary N) is 1. The van der Waals surface area contributed by atoms with Crippen LogP contribution >= 0.6 is 11.8 Å². The molecule has 1 aliphatic heterocycles. The van der Waals surface area contributed by atoms with Crippen molar-refractivity contribution in [2.75, 3.05) is 16.8 Å². The molecule has 1 aromatic heterocycles. The molecule has 2 aromatic rings. The van der Waals surface area contributed by atoms with Gasteiger partial charge in [0, 0.05) is 17.3 Å². The predicted octanol–water partition coefficient (Wildman–Crippen LogP) is 3.96. The van der Waals surface area contributed by atoms with Crippen LogP contribution < -0.4 is 5.32 Å². The normalized spacial score (nSPS) is 16.5. The summed E-state index contributed by atoms with van der Waals surface area (Å²) in [5, 5.41) is 3.61. The Kier molecular flexibility index (Phi) is 3.78. The van der Waals surface area contributed by atoms with Gasteiger partial charge in [-0.2, -0.15) is 11.8 Å². The van der Waals surface area contributed by atoms with Gasteiger partial charge in [-0.05, 0) is 55.5 Å². The van der Waals surface area contributed by atoms with Crippen LogP contribution in [0.25, 0.3) is 11.3 Å². The van der Waals surface area contributed by atoms with Crippen molar-refractivity contribution >= 4 is 17.4 Å². The first-order valence-electron chi connectivity index (χ1n) is 6.68. The summed E-state index contributed by atoms with van der Waals surface area (Å²) < 4.78 is 5.41. The number of benzene rings is 1. The Balaban J connectivity index is 1.70. The van der Waals surface area contributed by atoms with Gasteiger partial charge in [-0.25, -0.2) is 4.98 Å². The van der Waals surface area contributed by atoms with Gasteiger partial charge in [0.15, 0.2) is 12.2 Å². The number of oxazole rings is 1. The number of nitrogens with zero attached hydrogens (tertiary/aromatic N) is 1. The van der Waals surface area contributed by atoms with Crippen molar-refractivity contribution < 1.29 is 4.42 Å². The van der Waals surface area contributed by atoms with Crippen LogP contribution in [0.5, 0.6) is 0 Å². The number of aryl methyl sites for hydroxylation is 1. The molecule has 100 valence electrons. The van der Waals surface area contributed by atoms with Gasteiger partial charge in [0.05, 0.1) is 5.69 Å². The minimum atomic E-state index is 0.624. The highest BCUT2D eigenvalue weighted by molar-refractivity contribution is 7.99. The lowest BCUT2D eigenvalue weighted by molar-refractivity contribution is 0.571. The summed E-state index contributed by atoms with van der Waals surface area (Å²) in [5.74, 6) is 3.40. The standard InChI is InChI=1S/C15H18N2OS/c1-11-15(18-10-16-11)12-2-4-13(5-3-12)17-14-6-8-19-9-7-14/h2-5,10,14,17H,6-9H2,1H3. The SMILES string of the molecule is Cc1ncoc1-c1ccc(NC2CCSCC2)cc1. The molecule has 0 radical (unpaired) electrons. The average molecular weight is 274 g/mol. The van der Waals surface area contributed by atoms with E-state index in [1.54, 1.807) is 0 Å². The zero-order valence-electron chi connectivity index (χ0n) is 11.1. The molecular weight excluding hydrogens is 256 g/mol. The molecule has 4 heteroatoms. The Morgan fingerprint density at radius 2 is 1.95 bits per heavy atom. The maximum absolute atomic E-state index is 5.41. The smallest absolute Gasteiger partial charge is 0.181 e. The number of anilines is 1. The third-order valence-electron chi connectivity index (χ3n) is 3.48. The Morgan fingerprint density at radius 1 is 1.21 bits per heavy atom. The quantitative estimate of drug-likeness (QED) is 0.919. The van der Waals surface area contributed by atoms with E-state index < -0.39 is 0 Å². The topological polar surface area (TPSA) is 38.1 Å².